The Labute approximate surface area is 116 Å². The topological polar surface area (TPSA) is 15.3 Å². The molecular formula is C16H36N2. The van der Waals surface area contributed by atoms with Crippen molar-refractivity contribution in [3.63, 3.8) is 0 Å². The number of unbranched alkanes of at least 4 members (excludes halogenated alkanes) is 3. The van der Waals surface area contributed by atoms with Crippen molar-refractivity contribution in [1.29, 1.82) is 0 Å². The van der Waals surface area contributed by atoms with Crippen molar-refractivity contribution < 1.29 is 0 Å². The Hall–Kier alpha value is -0.0800. The summed E-state index contributed by atoms with van der Waals surface area (Å²) in [5.41, 5.74) is 0. The largest absolute Gasteiger partial charge is 0.315 e. The molecule has 18 heavy (non-hydrogen) atoms. The Kier molecular flexibility index (Phi) is 11.9. The van der Waals surface area contributed by atoms with E-state index in [1.807, 2.05) is 0 Å². The van der Waals surface area contributed by atoms with E-state index in [9.17, 15) is 0 Å². The van der Waals surface area contributed by atoms with Gasteiger partial charge in [0.2, 0.25) is 0 Å². The van der Waals surface area contributed by atoms with Gasteiger partial charge in [0.05, 0.1) is 0 Å². The zero-order valence-electron chi connectivity index (χ0n) is 13.5. The lowest BCUT2D eigenvalue weighted by Crippen LogP contribution is -2.34. The van der Waals surface area contributed by atoms with E-state index in [4.69, 9.17) is 0 Å². The van der Waals surface area contributed by atoms with E-state index in [0.717, 1.165) is 6.04 Å². The van der Waals surface area contributed by atoms with Crippen LogP contribution in [0.5, 0.6) is 0 Å². The Morgan fingerprint density at radius 2 is 1.56 bits per heavy atom. The van der Waals surface area contributed by atoms with Gasteiger partial charge in [0, 0.05) is 12.1 Å². The minimum atomic E-state index is 0.631. The van der Waals surface area contributed by atoms with Crippen LogP contribution in [-0.2, 0) is 0 Å². The molecule has 0 fully saturated rings. The molecule has 0 aliphatic rings. The van der Waals surface area contributed by atoms with Crippen LogP contribution >= 0.6 is 0 Å². The third-order valence-corrected chi connectivity index (χ3v) is 3.69. The molecule has 0 saturated carbocycles. The molecule has 0 radical (unpaired) electrons. The summed E-state index contributed by atoms with van der Waals surface area (Å²) in [6.07, 6.45) is 7.97. The van der Waals surface area contributed by atoms with Crippen molar-refractivity contribution >= 4 is 0 Å². The van der Waals surface area contributed by atoms with E-state index >= 15 is 0 Å². The second kappa shape index (κ2) is 12.0. The average Bonchev–Trinajstić information content (AvgIpc) is 2.35. The lowest BCUT2D eigenvalue weighted by molar-refractivity contribution is 0.196. The molecule has 2 nitrogen and oxygen atoms in total. The molecule has 0 aromatic heterocycles. The van der Waals surface area contributed by atoms with Gasteiger partial charge in [-0.15, -0.1) is 0 Å². The molecule has 0 aliphatic heterocycles. The maximum Gasteiger partial charge on any atom is 0.00643 e. The van der Waals surface area contributed by atoms with Crippen molar-refractivity contribution in [2.45, 2.75) is 85.2 Å². The molecule has 0 amide bonds. The van der Waals surface area contributed by atoms with Crippen LogP contribution in [0.15, 0.2) is 0 Å². The van der Waals surface area contributed by atoms with E-state index < -0.39 is 0 Å². The van der Waals surface area contributed by atoms with Gasteiger partial charge in [-0.2, -0.15) is 0 Å². The number of nitrogens with one attached hydrogen (secondary N) is 1. The van der Waals surface area contributed by atoms with Gasteiger partial charge in [-0.05, 0) is 52.2 Å². The summed E-state index contributed by atoms with van der Waals surface area (Å²) in [7, 11) is 0. The first-order chi connectivity index (χ1) is 8.61. The SMILES string of the molecule is CCCCN(CCCCCNC(C)C)C(C)CC. The normalized spacial score (nSPS) is 13.5. The van der Waals surface area contributed by atoms with Crippen LogP contribution in [0.3, 0.4) is 0 Å². The first-order valence-electron chi connectivity index (χ1n) is 8.09. The Bertz CT molecular complexity index is 168. The smallest absolute Gasteiger partial charge is 0.00643 e. The summed E-state index contributed by atoms with van der Waals surface area (Å²) in [6.45, 7) is 15.1. The van der Waals surface area contributed by atoms with E-state index in [-0.39, 0.29) is 0 Å². The summed E-state index contributed by atoms with van der Waals surface area (Å²) in [5.74, 6) is 0. The fraction of sp³-hybridized carbons (Fsp3) is 1.00. The Morgan fingerprint density at radius 3 is 2.11 bits per heavy atom. The van der Waals surface area contributed by atoms with E-state index in [1.165, 1.54) is 58.2 Å². The monoisotopic (exact) mass is 256 g/mol. The second-order valence-electron chi connectivity index (χ2n) is 5.82. The molecular weight excluding hydrogens is 220 g/mol. The van der Waals surface area contributed by atoms with Gasteiger partial charge in [-0.25, -0.2) is 0 Å². The molecule has 2 heteroatoms. The van der Waals surface area contributed by atoms with Gasteiger partial charge in [0.1, 0.15) is 0 Å². The zero-order chi connectivity index (χ0) is 13.8. The van der Waals surface area contributed by atoms with Crippen molar-refractivity contribution in [2.24, 2.45) is 0 Å². The van der Waals surface area contributed by atoms with Crippen LogP contribution in [0, 0.1) is 0 Å². The van der Waals surface area contributed by atoms with Crippen LogP contribution in [0.4, 0.5) is 0 Å². The molecule has 0 aromatic rings. The molecule has 1 atom stereocenters. The molecule has 1 unspecified atom stereocenters. The molecule has 0 spiro atoms. The van der Waals surface area contributed by atoms with Gasteiger partial charge >= 0.3 is 0 Å². The average molecular weight is 256 g/mol. The first-order valence-corrected chi connectivity index (χ1v) is 8.09. The van der Waals surface area contributed by atoms with E-state index in [1.54, 1.807) is 0 Å². The molecule has 0 aliphatic carbocycles. The van der Waals surface area contributed by atoms with Crippen LogP contribution in [0.25, 0.3) is 0 Å². The zero-order valence-corrected chi connectivity index (χ0v) is 13.5. The van der Waals surface area contributed by atoms with Crippen molar-refractivity contribution in [3.05, 3.63) is 0 Å². The van der Waals surface area contributed by atoms with Crippen molar-refractivity contribution in [2.75, 3.05) is 19.6 Å². The number of nitrogens with zero attached hydrogens (tertiary/aromatic N) is 1. The fourth-order valence-electron chi connectivity index (χ4n) is 2.18. The summed E-state index contributed by atoms with van der Waals surface area (Å²) >= 11 is 0. The first kappa shape index (κ1) is 17.9. The van der Waals surface area contributed by atoms with Crippen molar-refractivity contribution in [3.8, 4) is 0 Å². The molecule has 1 N–H and O–H groups in total. The highest BCUT2D eigenvalue weighted by Crippen LogP contribution is 2.08. The van der Waals surface area contributed by atoms with Crippen LogP contribution < -0.4 is 5.32 Å². The highest BCUT2D eigenvalue weighted by Gasteiger charge is 2.10. The van der Waals surface area contributed by atoms with Crippen LogP contribution in [0.2, 0.25) is 0 Å². The third-order valence-electron chi connectivity index (χ3n) is 3.69. The highest BCUT2D eigenvalue weighted by molar-refractivity contribution is 4.66. The highest BCUT2D eigenvalue weighted by atomic mass is 15.1. The molecule has 0 rings (SSSR count). The Morgan fingerprint density at radius 1 is 0.889 bits per heavy atom. The van der Waals surface area contributed by atoms with Crippen molar-refractivity contribution in [1.82, 2.24) is 10.2 Å². The summed E-state index contributed by atoms with van der Waals surface area (Å²) in [5, 5.41) is 3.49. The number of hydrogen-bond donors (Lipinski definition) is 1. The molecule has 0 saturated heterocycles. The van der Waals surface area contributed by atoms with E-state index in [2.05, 4.69) is 44.8 Å². The van der Waals surface area contributed by atoms with Gasteiger partial charge in [-0.1, -0.05) is 40.5 Å². The Balaban J connectivity index is 3.62. The second-order valence-corrected chi connectivity index (χ2v) is 5.82. The summed E-state index contributed by atoms with van der Waals surface area (Å²) in [6, 6.07) is 1.39. The van der Waals surface area contributed by atoms with Crippen LogP contribution in [-0.4, -0.2) is 36.6 Å². The molecule has 0 aromatic carbocycles. The van der Waals surface area contributed by atoms with Crippen LogP contribution in [0.1, 0.15) is 73.1 Å². The van der Waals surface area contributed by atoms with E-state index in [0.29, 0.717) is 6.04 Å². The maximum atomic E-state index is 3.49. The lowest BCUT2D eigenvalue weighted by atomic mass is 10.1. The fourth-order valence-corrected chi connectivity index (χ4v) is 2.18. The van der Waals surface area contributed by atoms with Gasteiger partial charge < -0.3 is 10.2 Å². The summed E-state index contributed by atoms with van der Waals surface area (Å²) < 4.78 is 0. The minimum absolute atomic E-state index is 0.631. The minimum Gasteiger partial charge on any atom is -0.315 e. The predicted octanol–water partition coefficient (Wildman–Crippen LogP) is 4.06. The maximum absolute atomic E-state index is 3.49. The summed E-state index contributed by atoms with van der Waals surface area (Å²) in [4.78, 5) is 2.68. The van der Waals surface area contributed by atoms with Gasteiger partial charge in [-0.3, -0.25) is 0 Å². The molecule has 0 bridgehead atoms. The number of hydrogen-bond acceptors (Lipinski definition) is 2. The molecule has 110 valence electrons. The standard InChI is InChI=1S/C16H36N2/c1-6-8-13-18(16(5)7-2)14-11-9-10-12-17-15(3)4/h15-17H,6-14H2,1-5H3. The third kappa shape index (κ3) is 9.90. The quantitative estimate of drug-likeness (QED) is 0.530. The molecule has 0 heterocycles. The van der Waals surface area contributed by atoms with Gasteiger partial charge in [0.15, 0.2) is 0 Å². The van der Waals surface area contributed by atoms with Gasteiger partial charge in [0.25, 0.3) is 0 Å². The lowest BCUT2D eigenvalue weighted by Gasteiger charge is -2.28. The predicted molar refractivity (Wildman–Crippen MR) is 83.2 cm³/mol. The number of rotatable bonds is 12.